The number of benzene rings is 1. The van der Waals surface area contributed by atoms with Crippen LogP contribution in [0.25, 0.3) is 12.2 Å². The van der Waals surface area contributed by atoms with Gasteiger partial charge in [0.15, 0.2) is 0 Å². The van der Waals surface area contributed by atoms with Gasteiger partial charge in [-0.2, -0.15) is 4.98 Å². The standard InChI is InChI=1S/C17H17BrN4S2/c1-21(10-14-9-15(18)24-11-14)12-22-17(23)19-16(20-22)8-7-13-5-3-2-4-6-13/h2-9,11H,10,12H2,1H3,(H,19,20,23)/b8-7+. The number of hydrogen-bond donors (Lipinski definition) is 1. The maximum absolute atomic E-state index is 5.35. The van der Waals surface area contributed by atoms with Gasteiger partial charge in [-0.15, -0.1) is 11.3 Å². The second-order valence-electron chi connectivity index (χ2n) is 5.48. The quantitative estimate of drug-likeness (QED) is 0.568. The summed E-state index contributed by atoms with van der Waals surface area (Å²) in [5, 5.41) is 5.39. The first-order valence-corrected chi connectivity index (χ1v) is 9.50. The van der Waals surface area contributed by atoms with E-state index in [0.717, 1.165) is 21.7 Å². The van der Waals surface area contributed by atoms with Gasteiger partial charge in [-0.05, 0) is 63.8 Å². The molecule has 0 saturated heterocycles. The van der Waals surface area contributed by atoms with E-state index < -0.39 is 0 Å². The molecule has 0 aliphatic carbocycles. The Kier molecular flexibility index (Phi) is 5.78. The van der Waals surface area contributed by atoms with E-state index in [9.17, 15) is 0 Å². The van der Waals surface area contributed by atoms with Gasteiger partial charge in [-0.1, -0.05) is 36.4 Å². The third-order valence-electron chi connectivity index (χ3n) is 3.39. The van der Waals surface area contributed by atoms with E-state index in [1.165, 1.54) is 5.56 Å². The number of halogens is 1. The number of hydrogen-bond acceptors (Lipinski definition) is 4. The van der Waals surface area contributed by atoms with Crippen molar-refractivity contribution in [3.05, 3.63) is 67.3 Å². The first-order valence-electron chi connectivity index (χ1n) is 7.41. The van der Waals surface area contributed by atoms with Crippen LogP contribution in [0.5, 0.6) is 0 Å². The fourth-order valence-corrected chi connectivity index (χ4v) is 3.72. The Morgan fingerprint density at radius 2 is 2.12 bits per heavy atom. The molecule has 2 aromatic heterocycles. The average molecular weight is 421 g/mol. The van der Waals surface area contributed by atoms with Crippen LogP contribution in [-0.4, -0.2) is 26.7 Å². The van der Waals surface area contributed by atoms with Gasteiger partial charge >= 0.3 is 0 Å². The number of nitrogens with zero attached hydrogens (tertiary/aromatic N) is 3. The summed E-state index contributed by atoms with van der Waals surface area (Å²) in [6, 6.07) is 12.3. The number of aromatic nitrogens is 3. The largest absolute Gasteiger partial charge is 0.283 e. The third-order valence-corrected chi connectivity index (χ3v) is 5.25. The fraction of sp³-hybridized carbons (Fsp3) is 0.176. The summed E-state index contributed by atoms with van der Waals surface area (Å²) in [5.74, 6) is 0.760. The summed E-state index contributed by atoms with van der Waals surface area (Å²) in [6.45, 7) is 1.52. The number of aromatic amines is 1. The van der Waals surface area contributed by atoms with E-state index >= 15 is 0 Å². The van der Waals surface area contributed by atoms with E-state index in [4.69, 9.17) is 12.2 Å². The van der Waals surface area contributed by atoms with Crippen LogP contribution in [0.3, 0.4) is 0 Å². The van der Waals surface area contributed by atoms with Crippen LogP contribution in [-0.2, 0) is 13.2 Å². The highest BCUT2D eigenvalue weighted by Crippen LogP contribution is 2.21. The van der Waals surface area contributed by atoms with Gasteiger partial charge in [0.25, 0.3) is 0 Å². The second-order valence-corrected chi connectivity index (χ2v) is 8.13. The van der Waals surface area contributed by atoms with Gasteiger partial charge in [0.2, 0.25) is 4.77 Å². The van der Waals surface area contributed by atoms with Crippen LogP contribution in [0.2, 0.25) is 0 Å². The van der Waals surface area contributed by atoms with Crippen LogP contribution in [0.1, 0.15) is 17.0 Å². The predicted molar refractivity (Wildman–Crippen MR) is 106 cm³/mol. The number of nitrogens with one attached hydrogen (secondary N) is 1. The summed E-state index contributed by atoms with van der Waals surface area (Å²) < 4.78 is 3.58. The highest BCUT2D eigenvalue weighted by Gasteiger charge is 2.06. The Balaban J connectivity index is 1.65. The van der Waals surface area contributed by atoms with Gasteiger partial charge < -0.3 is 0 Å². The molecule has 24 heavy (non-hydrogen) atoms. The van der Waals surface area contributed by atoms with Crippen molar-refractivity contribution >= 4 is 51.6 Å². The van der Waals surface area contributed by atoms with Gasteiger partial charge in [0, 0.05) is 6.54 Å². The number of rotatable bonds is 6. The predicted octanol–water partition coefficient (Wildman–Crippen LogP) is 5.02. The lowest BCUT2D eigenvalue weighted by molar-refractivity contribution is 0.244. The van der Waals surface area contributed by atoms with Gasteiger partial charge in [-0.25, -0.2) is 4.68 Å². The summed E-state index contributed by atoms with van der Waals surface area (Å²) in [4.78, 5) is 6.58. The lowest BCUT2D eigenvalue weighted by atomic mass is 10.2. The Morgan fingerprint density at radius 1 is 1.33 bits per heavy atom. The summed E-state index contributed by atoms with van der Waals surface area (Å²) in [5.41, 5.74) is 2.41. The van der Waals surface area contributed by atoms with Crippen molar-refractivity contribution in [2.75, 3.05) is 7.05 Å². The van der Waals surface area contributed by atoms with Crippen LogP contribution >= 0.6 is 39.5 Å². The Hall–Kier alpha value is -1.54. The first kappa shape index (κ1) is 17.3. The molecule has 0 fully saturated rings. The van der Waals surface area contributed by atoms with Gasteiger partial charge in [0.1, 0.15) is 5.82 Å². The summed E-state index contributed by atoms with van der Waals surface area (Å²) in [7, 11) is 2.06. The Bertz CT molecular complexity index is 879. The molecular formula is C17H17BrN4S2. The average Bonchev–Trinajstić information content (AvgIpc) is 3.12. The Labute approximate surface area is 158 Å². The van der Waals surface area contributed by atoms with E-state index in [1.54, 1.807) is 11.3 Å². The Morgan fingerprint density at radius 3 is 2.83 bits per heavy atom. The van der Waals surface area contributed by atoms with Crippen molar-refractivity contribution in [2.24, 2.45) is 0 Å². The molecule has 7 heteroatoms. The molecule has 3 rings (SSSR count). The molecule has 0 bridgehead atoms. The molecule has 4 nitrogen and oxygen atoms in total. The van der Waals surface area contributed by atoms with Crippen molar-refractivity contribution in [1.29, 1.82) is 0 Å². The number of thiophene rings is 1. The molecule has 2 heterocycles. The van der Waals surface area contributed by atoms with Crippen LogP contribution in [0, 0.1) is 4.77 Å². The molecule has 124 valence electrons. The zero-order chi connectivity index (χ0) is 16.9. The molecule has 0 aliphatic rings. The van der Waals surface area contributed by atoms with E-state index in [-0.39, 0.29) is 0 Å². The lowest BCUT2D eigenvalue weighted by Crippen LogP contribution is -2.22. The minimum atomic E-state index is 0.557. The topological polar surface area (TPSA) is 36.9 Å². The van der Waals surface area contributed by atoms with Crippen molar-refractivity contribution in [3.63, 3.8) is 0 Å². The van der Waals surface area contributed by atoms with E-state index in [1.807, 2.05) is 35.0 Å². The molecule has 3 aromatic rings. The monoisotopic (exact) mass is 420 g/mol. The highest BCUT2D eigenvalue weighted by molar-refractivity contribution is 9.11. The molecule has 1 aromatic carbocycles. The summed E-state index contributed by atoms with van der Waals surface area (Å²) >= 11 is 10.5. The minimum Gasteiger partial charge on any atom is -0.283 e. The zero-order valence-electron chi connectivity index (χ0n) is 13.1. The van der Waals surface area contributed by atoms with Gasteiger partial charge in [-0.3, -0.25) is 10.00 Å². The SMILES string of the molecule is CN(Cc1csc(Br)c1)Cn1[nH]c(/C=C/c2ccccc2)nc1=S. The molecule has 0 aliphatic heterocycles. The van der Waals surface area contributed by atoms with Crippen molar-refractivity contribution in [3.8, 4) is 0 Å². The lowest BCUT2D eigenvalue weighted by Gasteiger charge is -2.15. The molecule has 0 radical (unpaired) electrons. The van der Waals surface area contributed by atoms with Crippen molar-refractivity contribution in [1.82, 2.24) is 19.7 Å². The fourth-order valence-electron chi connectivity index (χ4n) is 2.32. The summed E-state index contributed by atoms with van der Waals surface area (Å²) in [6.07, 6.45) is 3.96. The zero-order valence-corrected chi connectivity index (χ0v) is 16.4. The highest BCUT2D eigenvalue weighted by atomic mass is 79.9. The number of H-pyrrole nitrogens is 1. The van der Waals surface area contributed by atoms with Crippen LogP contribution in [0.15, 0.2) is 45.6 Å². The minimum absolute atomic E-state index is 0.557. The van der Waals surface area contributed by atoms with E-state index in [2.05, 4.69) is 61.5 Å². The molecule has 0 unspecified atom stereocenters. The maximum atomic E-state index is 5.35. The molecule has 0 saturated carbocycles. The smallest absolute Gasteiger partial charge is 0.217 e. The molecule has 0 amide bonds. The van der Waals surface area contributed by atoms with Crippen molar-refractivity contribution in [2.45, 2.75) is 13.2 Å². The van der Waals surface area contributed by atoms with Crippen LogP contribution < -0.4 is 0 Å². The molecule has 1 N–H and O–H groups in total. The third kappa shape index (κ3) is 4.73. The molecule has 0 spiro atoms. The second kappa shape index (κ2) is 8.02. The van der Waals surface area contributed by atoms with Crippen LogP contribution in [0.4, 0.5) is 0 Å². The normalized spacial score (nSPS) is 11.6. The van der Waals surface area contributed by atoms with E-state index in [0.29, 0.717) is 11.4 Å². The van der Waals surface area contributed by atoms with Gasteiger partial charge in [0.05, 0.1) is 10.5 Å². The van der Waals surface area contributed by atoms with Crippen molar-refractivity contribution < 1.29 is 0 Å². The maximum Gasteiger partial charge on any atom is 0.217 e. The first-order chi connectivity index (χ1) is 11.6. The molecular weight excluding hydrogens is 404 g/mol. The molecule has 0 atom stereocenters.